The summed E-state index contributed by atoms with van der Waals surface area (Å²) < 4.78 is 44.1. The summed E-state index contributed by atoms with van der Waals surface area (Å²) in [6.45, 7) is 4.42. The first-order valence-electron chi connectivity index (χ1n) is 6.50. The molecule has 2 atom stereocenters. The molecule has 1 fully saturated rings. The van der Waals surface area contributed by atoms with E-state index < -0.39 is 17.6 Å². The second kappa shape index (κ2) is 5.96. The number of hydrogen-bond acceptors (Lipinski definition) is 2. The maximum atomic E-state index is 12.9. The quantitative estimate of drug-likeness (QED) is 0.758. The lowest BCUT2D eigenvalue weighted by Crippen LogP contribution is -2.48. The molecule has 0 N–H and O–H groups in total. The average molecular weight is 366 g/mol. The van der Waals surface area contributed by atoms with Crippen LogP contribution >= 0.6 is 15.9 Å². The Morgan fingerprint density at radius 1 is 1.29 bits per heavy atom. The van der Waals surface area contributed by atoms with Crippen molar-refractivity contribution in [2.45, 2.75) is 32.2 Å². The van der Waals surface area contributed by atoms with E-state index in [0.717, 1.165) is 6.07 Å². The number of nitrogens with zero attached hydrogens (tertiary/aromatic N) is 1. The Morgan fingerprint density at radius 2 is 1.86 bits per heavy atom. The second-order valence-electron chi connectivity index (χ2n) is 5.16. The Morgan fingerprint density at radius 3 is 2.38 bits per heavy atom. The van der Waals surface area contributed by atoms with E-state index in [-0.39, 0.29) is 22.2 Å². The number of benzene rings is 1. The van der Waals surface area contributed by atoms with E-state index in [1.807, 2.05) is 13.8 Å². The molecule has 2 rings (SSSR count). The molecule has 0 spiro atoms. The predicted molar refractivity (Wildman–Crippen MR) is 75.1 cm³/mol. The molecule has 1 aliphatic rings. The van der Waals surface area contributed by atoms with Crippen molar-refractivity contribution < 1.29 is 22.7 Å². The van der Waals surface area contributed by atoms with E-state index in [1.54, 1.807) is 0 Å². The number of halogens is 4. The average Bonchev–Trinajstić information content (AvgIpc) is 2.36. The third kappa shape index (κ3) is 3.77. The molecule has 1 aliphatic heterocycles. The smallest absolute Gasteiger partial charge is 0.372 e. The highest BCUT2D eigenvalue weighted by atomic mass is 79.9. The molecule has 1 amide bonds. The first-order chi connectivity index (χ1) is 9.68. The van der Waals surface area contributed by atoms with Crippen molar-refractivity contribution in [3.8, 4) is 0 Å². The topological polar surface area (TPSA) is 29.5 Å². The van der Waals surface area contributed by atoms with Gasteiger partial charge in [0.2, 0.25) is 0 Å². The summed E-state index contributed by atoms with van der Waals surface area (Å²) >= 11 is 2.87. The number of alkyl halides is 3. The van der Waals surface area contributed by atoms with Gasteiger partial charge in [-0.15, -0.1) is 0 Å². The first kappa shape index (κ1) is 16.3. The van der Waals surface area contributed by atoms with Gasteiger partial charge < -0.3 is 9.64 Å². The van der Waals surface area contributed by atoms with Crippen molar-refractivity contribution in [1.29, 1.82) is 0 Å². The van der Waals surface area contributed by atoms with Crippen LogP contribution < -0.4 is 0 Å². The molecule has 0 radical (unpaired) electrons. The third-order valence-electron chi connectivity index (χ3n) is 3.23. The van der Waals surface area contributed by atoms with Crippen molar-refractivity contribution in [3.63, 3.8) is 0 Å². The molecule has 1 saturated heterocycles. The van der Waals surface area contributed by atoms with Gasteiger partial charge in [-0.25, -0.2) is 0 Å². The minimum atomic E-state index is -4.50. The highest BCUT2D eigenvalue weighted by Crippen LogP contribution is 2.35. The lowest BCUT2D eigenvalue weighted by Gasteiger charge is -2.35. The Hall–Kier alpha value is -1.08. The van der Waals surface area contributed by atoms with E-state index in [4.69, 9.17) is 4.74 Å². The molecule has 0 aromatic heterocycles. The van der Waals surface area contributed by atoms with Crippen LogP contribution in [-0.4, -0.2) is 36.1 Å². The molecule has 21 heavy (non-hydrogen) atoms. The van der Waals surface area contributed by atoms with Crippen LogP contribution in [0.3, 0.4) is 0 Å². The van der Waals surface area contributed by atoms with Gasteiger partial charge in [0.1, 0.15) is 0 Å². The number of rotatable bonds is 1. The van der Waals surface area contributed by atoms with Gasteiger partial charge >= 0.3 is 6.18 Å². The van der Waals surface area contributed by atoms with Crippen molar-refractivity contribution in [2.24, 2.45) is 0 Å². The Balaban J connectivity index is 2.27. The fourth-order valence-electron chi connectivity index (χ4n) is 2.40. The maximum absolute atomic E-state index is 12.9. The molecule has 3 nitrogen and oxygen atoms in total. The molecule has 1 aromatic rings. The summed E-state index contributed by atoms with van der Waals surface area (Å²) in [5.74, 6) is -0.407. The molecule has 1 aromatic carbocycles. The molecular formula is C14H15BrF3NO2. The Labute approximate surface area is 129 Å². The molecule has 116 valence electrons. The monoisotopic (exact) mass is 365 g/mol. The summed E-state index contributed by atoms with van der Waals surface area (Å²) in [7, 11) is 0. The van der Waals surface area contributed by atoms with E-state index in [2.05, 4.69) is 15.9 Å². The molecule has 1 heterocycles. The Bertz CT molecular complexity index is 538. The van der Waals surface area contributed by atoms with Crippen LogP contribution in [0, 0.1) is 0 Å². The number of morpholine rings is 1. The standard InChI is InChI=1S/C14H15BrF3NO2/c1-8-6-19(7-9(2)21-8)13(20)10-3-4-12(15)11(5-10)14(16,17)18/h3-5,8-9H,6-7H2,1-2H3/t8-,9+. The van der Waals surface area contributed by atoms with Gasteiger partial charge in [-0.05, 0) is 32.0 Å². The van der Waals surface area contributed by atoms with E-state index in [0.29, 0.717) is 13.1 Å². The number of hydrogen-bond donors (Lipinski definition) is 0. The van der Waals surface area contributed by atoms with Gasteiger partial charge in [0.15, 0.2) is 0 Å². The molecular weight excluding hydrogens is 351 g/mol. The van der Waals surface area contributed by atoms with Crippen LogP contribution in [0.4, 0.5) is 13.2 Å². The zero-order chi connectivity index (χ0) is 15.8. The van der Waals surface area contributed by atoms with E-state index in [9.17, 15) is 18.0 Å². The molecule has 0 bridgehead atoms. The molecule has 0 unspecified atom stereocenters. The van der Waals surface area contributed by atoms with Crippen molar-refractivity contribution in [1.82, 2.24) is 4.90 Å². The lowest BCUT2D eigenvalue weighted by atomic mass is 10.1. The first-order valence-corrected chi connectivity index (χ1v) is 7.29. The molecule has 7 heteroatoms. The third-order valence-corrected chi connectivity index (χ3v) is 3.92. The number of amides is 1. The van der Waals surface area contributed by atoms with Gasteiger partial charge in [-0.2, -0.15) is 13.2 Å². The number of ether oxygens (including phenoxy) is 1. The SMILES string of the molecule is C[C@@H]1CN(C(=O)c2ccc(Br)c(C(F)(F)F)c2)C[C@H](C)O1. The van der Waals surface area contributed by atoms with Crippen molar-refractivity contribution in [3.05, 3.63) is 33.8 Å². The van der Waals surface area contributed by atoms with Gasteiger partial charge in [0, 0.05) is 23.1 Å². The second-order valence-corrected chi connectivity index (χ2v) is 6.01. The van der Waals surface area contributed by atoms with Crippen LogP contribution in [0.2, 0.25) is 0 Å². The zero-order valence-corrected chi connectivity index (χ0v) is 13.2. The fourth-order valence-corrected chi connectivity index (χ4v) is 2.87. The normalized spacial score (nSPS) is 23.2. The van der Waals surface area contributed by atoms with Crippen LogP contribution in [0.5, 0.6) is 0 Å². The van der Waals surface area contributed by atoms with E-state index in [1.165, 1.54) is 17.0 Å². The Kier molecular flexibility index (Phi) is 4.63. The maximum Gasteiger partial charge on any atom is 0.417 e. The van der Waals surface area contributed by atoms with Crippen LogP contribution in [0.25, 0.3) is 0 Å². The lowest BCUT2D eigenvalue weighted by molar-refractivity contribution is -0.138. The minimum Gasteiger partial charge on any atom is -0.372 e. The van der Waals surface area contributed by atoms with Gasteiger partial charge in [-0.1, -0.05) is 15.9 Å². The summed E-state index contributed by atoms with van der Waals surface area (Å²) in [5.41, 5.74) is -0.811. The summed E-state index contributed by atoms with van der Waals surface area (Å²) in [6, 6.07) is 3.53. The highest BCUT2D eigenvalue weighted by molar-refractivity contribution is 9.10. The minimum absolute atomic E-state index is 0.0341. The molecule has 0 saturated carbocycles. The van der Waals surface area contributed by atoms with Gasteiger partial charge in [0.05, 0.1) is 17.8 Å². The fraction of sp³-hybridized carbons (Fsp3) is 0.500. The summed E-state index contributed by atoms with van der Waals surface area (Å²) in [4.78, 5) is 13.9. The number of carbonyl (C=O) groups is 1. The summed E-state index contributed by atoms with van der Waals surface area (Å²) in [5, 5.41) is 0. The summed E-state index contributed by atoms with van der Waals surface area (Å²) in [6.07, 6.45) is -4.76. The van der Waals surface area contributed by atoms with Crippen LogP contribution in [-0.2, 0) is 10.9 Å². The van der Waals surface area contributed by atoms with Crippen LogP contribution in [0.15, 0.2) is 22.7 Å². The largest absolute Gasteiger partial charge is 0.417 e. The zero-order valence-electron chi connectivity index (χ0n) is 11.6. The van der Waals surface area contributed by atoms with E-state index >= 15 is 0 Å². The van der Waals surface area contributed by atoms with Crippen LogP contribution in [0.1, 0.15) is 29.8 Å². The van der Waals surface area contributed by atoms with Gasteiger partial charge in [0.25, 0.3) is 5.91 Å². The van der Waals surface area contributed by atoms with Gasteiger partial charge in [-0.3, -0.25) is 4.79 Å². The number of carbonyl (C=O) groups excluding carboxylic acids is 1. The molecule has 0 aliphatic carbocycles. The highest BCUT2D eigenvalue weighted by Gasteiger charge is 2.34. The van der Waals surface area contributed by atoms with Crippen molar-refractivity contribution in [2.75, 3.05) is 13.1 Å². The van der Waals surface area contributed by atoms with Crippen molar-refractivity contribution >= 4 is 21.8 Å². The predicted octanol–water partition coefficient (Wildman–Crippen LogP) is 3.72.